The largest absolute Gasteiger partial charge is 0.481 e. The molecule has 2 aromatic carbocycles. The molecule has 0 saturated carbocycles. The smallest absolute Gasteiger partial charge is 0.258 e. The Bertz CT molecular complexity index is 902. The zero-order chi connectivity index (χ0) is 17.1. The van der Waals surface area contributed by atoms with Gasteiger partial charge in [0.05, 0.1) is 6.04 Å². The van der Waals surface area contributed by atoms with Crippen molar-refractivity contribution in [1.29, 1.82) is 0 Å². The second-order valence-electron chi connectivity index (χ2n) is 6.33. The second kappa shape index (κ2) is 6.93. The first kappa shape index (κ1) is 15.6. The Balaban J connectivity index is 1.43. The number of para-hydroxylation sites is 1. The van der Waals surface area contributed by atoms with Crippen molar-refractivity contribution in [3.8, 4) is 5.75 Å². The lowest BCUT2D eigenvalue weighted by Gasteiger charge is -2.26. The lowest BCUT2D eigenvalue weighted by Crippen LogP contribution is -2.34. The third kappa shape index (κ3) is 3.33. The van der Waals surface area contributed by atoms with E-state index in [-0.39, 0.29) is 18.6 Å². The number of hydrogen-bond acceptors (Lipinski definition) is 3. The number of aromatic nitrogens is 1. The molecule has 25 heavy (non-hydrogen) atoms. The highest BCUT2D eigenvalue weighted by Gasteiger charge is 2.21. The monoisotopic (exact) mass is 332 g/mol. The van der Waals surface area contributed by atoms with Gasteiger partial charge in [-0.3, -0.25) is 9.78 Å². The number of benzene rings is 2. The molecule has 4 rings (SSSR count). The molecule has 4 nitrogen and oxygen atoms in total. The van der Waals surface area contributed by atoms with Crippen molar-refractivity contribution >= 4 is 16.8 Å². The van der Waals surface area contributed by atoms with Gasteiger partial charge in [0.25, 0.3) is 5.91 Å². The topological polar surface area (TPSA) is 51.2 Å². The van der Waals surface area contributed by atoms with Crippen LogP contribution in [-0.2, 0) is 11.2 Å². The number of pyridine rings is 1. The molecule has 0 aliphatic heterocycles. The predicted octanol–water partition coefficient (Wildman–Crippen LogP) is 3.81. The Morgan fingerprint density at radius 3 is 2.96 bits per heavy atom. The zero-order valence-corrected chi connectivity index (χ0v) is 13.9. The minimum atomic E-state index is -0.102. The van der Waals surface area contributed by atoms with Crippen LogP contribution >= 0.6 is 0 Å². The van der Waals surface area contributed by atoms with Gasteiger partial charge in [0.15, 0.2) is 6.61 Å². The standard InChI is InChI=1S/C21H20N2O2/c24-20(23-18-11-3-7-15-6-1-2-10-17(15)18)14-25-19-12-4-8-16-9-5-13-22-21(16)19/h1-2,4-6,8-10,12-13,18H,3,7,11,14H2,(H,23,24)/t18-/m1/s1. The molecular formula is C21H20N2O2. The summed E-state index contributed by atoms with van der Waals surface area (Å²) in [5.41, 5.74) is 3.34. The van der Waals surface area contributed by atoms with Crippen LogP contribution in [0.3, 0.4) is 0 Å². The maximum Gasteiger partial charge on any atom is 0.258 e. The molecule has 0 radical (unpaired) electrons. The van der Waals surface area contributed by atoms with Crippen LogP contribution < -0.4 is 10.1 Å². The van der Waals surface area contributed by atoms with Gasteiger partial charge in [0, 0.05) is 11.6 Å². The minimum absolute atomic E-state index is 0.00560. The van der Waals surface area contributed by atoms with E-state index < -0.39 is 0 Å². The molecule has 1 aromatic heterocycles. The van der Waals surface area contributed by atoms with Crippen LogP contribution in [0.1, 0.15) is 30.0 Å². The Morgan fingerprint density at radius 1 is 1.12 bits per heavy atom. The highest BCUT2D eigenvalue weighted by molar-refractivity contribution is 5.85. The van der Waals surface area contributed by atoms with E-state index in [0.717, 1.165) is 30.2 Å². The Kier molecular flexibility index (Phi) is 4.34. The maximum atomic E-state index is 12.4. The maximum absolute atomic E-state index is 12.4. The van der Waals surface area contributed by atoms with Gasteiger partial charge in [-0.05, 0) is 42.5 Å². The molecule has 0 unspecified atom stereocenters. The van der Waals surface area contributed by atoms with E-state index in [4.69, 9.17) is 4.74 Å². The molecule has 0 fully saturated rings. The molecule has 126 valence electrons. The molecule has 1 heterocycles. The summed E-state index contributed by atoms with van der Waals surface area (Å²) in [6, 6.07) is 18.0. The van der Waals surface area contributed by atoms with E-state index in [1.165, 1.54) is 11.1 Å². The van der Waals surface area contributed by atoms with Gasteiger partial charge in [-0.25, -0.2) is 0 Å². The molecule has 1 atom stereocenters. The van der Waals surface area contributed by atoms with Crippen molar-refractivity contribution in [3.05, 3.63) is 71.9 Å². The fourth-order valence-corrected chi connectivity index (χ4v) is 3.48. The number of carbonyl (C=O) groups is 1. The SMILES string of the molecule is O=C(COc1cccc2cccnc12)N[C@@H]1CCCc2ccccc21. The summed E-state index contributed by atoms with van der Waals surface area (Å²) in [5, 5.41) is 4.11. The third-order valence-electron chi connectivity index (χ3n) is 4.66. The Labute approximate surface area is 146 Å². The van der Waals surface area contributed by atoms with Crippen LogP contribution in [0.2, 0.25) is 0 Å². The van der Waals surface area contributed by atoms with Gasteiger partial charge < -0.3 is 10.1 Å². The fourth-order valence-electron chi connectivity index (χ4n) is 3.48. The van der Waals surface area contributed by atoms with Crippen LogP contribution in [0.25, 0.3) is 10.9 Å². The summed E-state index contributed by atoms with van der Waals surface area (Å²) in [6.07, 6.45) is 4.88. The number of carbonyl (C=O) groups excluding carboxylic acids is 1. The molecule has 1 N–H and O–H groups in total. The van der Waals surface area contributed by atoms with Crippen LogP contribution in [0.5, 0.6) is 5.75 Å². The summed E-state index contributed by atoms with van der Waals surface area (Å²) < 4.78 is 5.74. The number of nitrogens with zero attached hydrogens (tertiary/aromatic N) is 1. The second-order valence-corrected chi connectivity index (χ2v) is 6.33. The van der Waals surface area contributed by atoms with Crippen molar-refractivity contribution in [1.82, 2.24) is 10.3 Å². The molecule has 3 aromatic rings. The Morgan fingerprint density at radius 2 is 2.00 bits per heavy atom. The van der Waals surface area contributed by atoms with Gasteiger partial charge in [-0.2, -0.15) is 0 Å². The van der Waals surface area contributed by atoms with Gasteiger partial charge in [-0.1, -0.05) is 42.5 Å². The first-order chi connectivity index (χ1) is 12.3. The molecule has 0 saturated heterocycles. The van der Waals surface area contributed by atoms with Crippen LogP contribution in [0, 0.1) is 0 Å². The van der Waals surface area contributed by atoms with E-state index in [1.54, 1.807) is 6.20 Å². The van der Waals surface area contributed by atoms with Gasteiger partial charge in [-0.15, -0.1) is 0 Å². The quantitative estimate of drug-likeness (QED) is 0.790. The number of hydrogen-bond donors (Lipinski definition) is 1. The lowest BCUT2D eigenvalue weighted by atomic mass is 9.88. The van der Waals surface area contributed by atoms with E-state index in [9.17, 15) is 4.79 Å². The summed E-state index contributed by atoms with van der Waals surface area (Å²) in [4.78, 5) is 16.7. The number of nitrogens with one attached hydrogen (secondary N) is 1. The third-order valence-corrected chi connectivity index (χ3v) is 4.66. The van der Waals surface area contributed by atoms with Crippen LogP contribution in [-0.4, -0.2) is 17.5 Å². The highest BCUT2D eigenvalue weighted by Crippen LogP contribution is 2.29. The molecule has 1 aliphatic rings. The Hall–Kier alpha value is -2.88. The highest BCUT2D eigenvalue weighted by atomic mass is 16.5. The zero-order valence-electron chi connectivity index (χ0n) is 13.9. The van der Waals surface area contributed by atoms with E-state index in [2.05, 4.69) is 28.5 Å². The number of aryl methyl sites for hydroxylation is 1. The van der Waals surface area contributed by atoms with Crippen molar-refractivity contribution in [2.45, 2.75) is 25.3 Å². The lowest BCUT2D eigenvalue weighted by molar-refractivity contribution is -0.123. The van der Waals surface area contributed by atoms with Gasteiger partial charge in [0.2, 0.25) is 0 Å². The first-order valence-corrected chi connectivity index (χ1v) is 8.65. The number of rotatable bonds is 4. The molecule has 1 amide bonds. The number of ether oxygens (including phenoxy) is 1. The van der Waals surface area contributed by atoms with Crippen molar-refractivity contribution < 1.29 is 9.53 Å². The summed E-state index contributed by atoms with van der Waals surface area (Å²) in [5.74, 6) is 0.534. The van der Waals surface area contributed by atoms with Crippen LogP contribution in [0.4, 0.5) is 0 Å². The molecular weight excluding hydrogens is 312 g/mol. The molecule has 0 spiro atoms. The first-order valence-electron chi connectivity index (χ1n) is 8.65. The number of amides is 1. The van der Waals surface area contributed by atoms with Crippen LogP contribution in [0.15, 0.2) is 60.8 Å². The van der Waals surface area contributed by atoms with E-state index in [1.807, 2.05) is 36.4 Å². The van der Waals surface area contributed by atoms with Crippen molar-refractivity contribution in [3.63, 3.8) is 0 Å². The predicted molar refractivity (Wildman–Crippen MR) is 97.5 cm³/mol. The van der Waals surface area contributed by atoms with E-state index in [0.29, 0.717) is 5.75 Å². The average Bonchev–Trinajstić information content (AvgIpc) is 2.66. The normalized spacial score (nSPS) is 16.2. The minimum Gasteiger partial charge on any atom is -0.481 e. The molecule has 1 aliphatic carbocycles. The van der Waals surface area contributed by atoms with Crippen molar-refractivity contribution in [2.24, 2.45) is 0 Å². The van der Waals surface area contributed by atoms with Gasteiger partial charge in [0.1, 0.15) is 11.3 Å². The summed E-state index contributed by atoms with van der Waals surface area (Å²) in [6.45, 7) is -0.00560. The fraction of sp³-hybridized carbons (Fsp3) is 0.238. The van der Waals surface area contributed by atoms with E-state index >= 15 is 0 Å². The summed E-state index contributed by atoms with van der Waals surface area (Å²) in [7, 11) is 0. The molecule has 0 bridgehead atoms. The molecule has 4 heteroatoms. The number of fused-ring (bicyclic) bond motifs is 2. The average molecular weight is 332 g/mol. The van der Waals surface area contributed by atoms with Crippen molar-refractivity contribution in [2.75, 3.05) is 6.61 Å². The van der Waals surface area contributed by atoms with Gasteiger partial charge >= 0.3 is 0 Å². The summed E-state index contributed by atoms with van der Waals surface area (Å²) >= 11 is 0.